The van der Waals surface area contributed by atoms with Gasteiger partial charge < -0.3 is 10.1 Å². The van der Waals surface area contributed by atoms with Crippen LogP contribution in [0.4, 0.5) is 38.5 Å². The number of thiazole rings is 1. The zero-order valence-corrected chi connectivity index (χ0v) is 17.6. The Bertz CT molecular complexity index is 1170. The number of pyridine rings is 1. The molecule has 0 bridgehead atoms. The summed E-state index contributed by atoms with van der Waals surface area (Å²) in [5, 5.41) is 3.26. The second-order valence-corrected chi connectivity index (χ2v) is 8.04. The molecule has 14 heteroatoms. The van der Waals surface area contributed by atoms with E-state index >= 15 is 0 Å². The zero-order chi connectivity index (χ0) is 23.8. The summed E-state index contributed by atoms with van der Waals surface area (Å²) in [4.78, 5) is 28.6. The number of hydrogen-bond acceptors (Lipinski definition) is 8. The van der Waals surface area contributed by atoms with Gasteiger partial charge >= 0.3 is 12.3 Å². The number of alkyl halides is 4. The number of ether oxygens (including phenoxy) is 1. The Balaban J connectivity index is 1.54. The molecule has 4 heterocycles. The highest BCUT2D eigenvalue weighted by Gasteiger charge is 2.37. The Morgan fingerprint density at radius 1 is 1.30 bits per heavy atom. The van der Waals surface area contributed by atoms with E-state index in [1.807, 2.05) is 0 Å². The van der Waals surface area contributed by atoms with E-state index in [4.69, 9.17) is 4.74 Å². The van der Waals surface area contributed by atoms with Gasteiger partial charge in [0.1, 0.15) is 30.0 Å². The second-order valence-electron chi connectivity index (χ2n) is 6.98. The average molecular weight is 486 g/mol. The summed E-state index contributed by atoms with van der Waals surface area (Å²) in [6.45, 7) is 0.543. The van der Waals surface area contributed by atoms with Crippen LogP contribution in [0.5, 0.6) is 0 Å². The van der Waals surface area contributed by atoms with Gasteiger partial charge in [-0.2, -0.15) is 18.2 Å². The van der Waals surface area contributed by atoms with Crippen molar-refractivity contribution in [2.45, 2.75) is 25.2 Å². The van der Waals surface area contributed by atoms with E-state index in [1.165, 1.54) is 12.3 Å². The molecule has 3 aromatic heterocycles. The van der Waals surface area contributed by atoms with Crippen LogP contribution in [0.3, 0.4) is 0 Å². The van der Waals surface area contributed by atoms with Crippen LogP contribution in [0.2, 0.25) is 0 Å². The summed E-state index contributed by atoms with van der Waals surface area (Å²) < 4.78 is 71.0. The Labute approximate surface area is 187 Å². The maximum Gasteiger partial charge on any atom is 0.433 e. The van der Waals surface area contributed by atoms with Crippen LogP contribution in [-0.2, 0) is 10.9 Å². The lowest BCUT2D eigenvalue weighted by Gasteiger charge is -2.19. The van der Waals surface area contributed by atoms with Crippen molar-refractivity contribution in [3.05, 3.63) is 47.1 Å². The van der Waals surface area contributed by atoms with Crippen molar-refractivity contribution in [1.29, 1.82) is 0 Å². The number of nitrogens with zero attached hydrogens (tertiary/aromatic N) is 5. The topological polar surface area (TPSA) is 93.1 Å². The van der Waals surface area contributed by atoms with Crippen molar-refractivity contribution in [3.63, 3.8) is 0 Å². The fourth-order valence-electron chi connectivity index (χ4n) is 3.03. The molecule has 0 unspecified atom stereocenters. The van der Waals surface area contributed by atoms with Gasteiger partial charge in [-0.25, -0.2) is 28.4 Å². The standard InChI is InChI=1S/C19H15F5N6O2S/c1-9(13-7-26-16(33-13)10-2-3-25-14(4-10)19(22,23)24)28-17-27-6-12(21)15(29-17)30-11(5-20)8-32-18(30)31/h2-4,6-7,9,11H,5,8H2,1H3,(H,27,28,29)/t9-,11-/m0/s1. The van der Waals surface area contributed by atoms with Crippen LogP contribution < -0.4 is 10.2 Å². The van der Waals surface area contributed by atoms with E-state index in [1.54, 1.807) is 6.92 Å². The monoisotopic (exact) mass is 486 g/mol. The van der Waals surface area contributed by atoms with Crippen LogP contribution in [-0.4, -0.2) is 45.4 Å². The van der Waals surface area contributed by atoms with Gasteiger partial charge in [0.05, 0.1) is 12.2 Å². The lowest BCUT2D eigenvalue weighted by Crippen LogP contribution is -2.36. The summed E-state index contributed by atoms with van der Waals surface area (Å²) in [7, 11) is 0. The van der Waals surface area contributed by atoms with Crippen LogP contribution >= 0.6 is 11.3 Å². The molecule has 0 aromatic carbocycles. The Morgan fingerprint density at radius 3 is 2.82 bits per heavy atom. The van der Waals surface area contributed by atoms with Gasteiger partial charge in [0.15, 0.2) is 11.6 Å². The summed E-state index contributed by atoms with van der Waals surface area (Å²) in [6, 6.07) is 0.855. The highest BCUT2D eigenvalue weighted by Crippen LogP contribution is 2.34. The highest BCUT2D eigenvalue weighted by atomic mass is 32.1. The van der Waals surface area contributed by atoms with Gasteiger partial charge in [-0.15, -0.1) is 11.3 Å². The molecule has 1 saturated heterocycles. The molecule has 8 nitrogen and oxygen atoms in total. The zero-order valence-electron chi connectivity index (χ0n) is 16.8. The summed E-state index contributed by atoms with van der Waals surface area (Å²) in [6.07, 6.45) is -2.12. The number of nitrogens with one attached hydrogen (secondary N) is 1. The fourth-order valence-corrected chi connectivity index (χ4v) is 3.95. The van der Waals surface area contributed by atoms with Crippen LogP contribution in [0.15, 0.2) is 30.7 Å². The number of rotatable bonds is 6. The predicted octanol–water partition coefficient (Wildman–Crippen LogP) is 4.62. The van der Waals surface area contributed by atoms with E-state index in [0.29, 0.717) is 9.88 Å². The highest BCUT2D eigenvalue weighted by molar-refractivity contribution is 7.15. The molecule has 174 valence electrons. The molecule has 1 N–H and O–H groups in total. The second kappa shape index (κ2) is 8.84. The largest absolute Gasteiger partial charge is 0.447 e. The first-order valence-corrected chi connectivity index (χ1v) is 10.3. The molecule has 0 spiro atoms. The minimum Gasteiger partial charge on any atom is -0.447 e. The van der Waals surface area contributed by atoms with E-state index in [9.17, 15) is 26.7 Å². The van der Waals surface area contributed by atoms with Gasteiger partial charge in [-0.05, 0) is 19.1 Å². The number of carbonyl (C=O) groups excluding carboxylic acids is 1. The Morgan fingerprint density at radius 2 is 2.09 bits per heavy atom. The van der Waals surface area contributed by atoms with Gasteiger partial charge in [-0.3, -0.25) is 4.98 Å². The van der Waals surface area contributed by atoms with Crippen LogP contribution in [0.25, 0.3) is 10.6 Å². The molecule has 4 rings (SSSR count). The third-order valence-corrected chi connectivity index (χ3v) is 5.92. The minimum atomic E-state index is -4.58. The van der Waals surface area contributed by atoms with Crippen molar-refractivity contribution in [3.8, 4) is 10.6 Å². The molecule has 2 atom stereocenters. The van der Waals surface area contributed by atoms with Gasteiger partial charge in [0.2, 0.25) is 5.95 Å². The average Bonchev–Trinajstić information content (AvgIpc) is 3.42. The lowest BCUT2D eigenvalue weighted by molar-refractivity contribution is -0.141. The maximum absolute atomic E-state index is 14.3. The smallest absolute Gasteiger partial charge is 0.433 e. The van der Waals surface area contributed by atoms with Crippen LogP contribution in [0.1, 0.15) is 23.5 Å². The quantitative estimate of drug-likeness (QED) is 0.508. The molecule has 1 amide bonds. The minimum absolute atomic E-state index is 0.0468. The number of hydrogen-bond donors (Lipinski definition) is 1. The van der Waals surface area contributed by atoms with E-state index in [0.717, 1.165) is 34.7 Å². The van der Waals surface area contributed by atoms with Gasteiger partial charge in [-0.1, -0.05) is 0 Å². The SMILES string of the molecule is C[C@H](Nc1ncc(F)c(N2C(=O)OC[C@@H]2CF)n1)c1cnc(-c2ccnc(C(F)(F)F)c2)s1. The Kier molecular flexibility index (Phi) is 6.10. The number of carbonyl (C=O) groups is 1. The third-order valence-electron chi connectivity index (χ3n) is 4.69. The van der Waals surface area contributed by atoms with E-state index in [-0.39, 0.29) is 18.1 Å². The molecular weight excluding hydrogens is 471 g/mol. The molecule has 33 heavy (non-hydrogen) atoms. The number of anilines is 2. The predicted molar refractivity (Wildman–Crippen MR) is 108 cm³/mol. The number of aromatic nitrogens is 4. The Hall–Kier alpha value is -3.42. The van der Waals surface area contributed by atoms with Crippen molar-refractivity contribution in [1.82, 2.24) is 19.9 Å². The summed E-state index contributed by atoms with van der Waals surface area (Å²) in [5.41, 5.74) is -0.770. The first-order valence-electron chi connectivity index (χ1n) is 9.47. The number of amides is 1. The summed E-state index contributed by atoms with van der Waals surface area (Å²) in [5.74, 6) is -1.40. The molecule has 1 fully saturated rings. The molecule has 0 radical (unpaired) electrons. The molecule has 0 saturated carbocycles. The number of cyclic esters (lactones) is 1. The molecular formula is C19H15F5N6O2S. The first-order chi connectivity index (χ1) is 15.7. The van der Waals surface area contributed by atoms with Crippen LogP contribution in [0, 0.1) is 5.82 Å². The normalized spacial score (nSPS) is 17.2. The van der Waals surface area contributed by atoms with E-state index in [2.05, 4.69) is 25.3 Å². The molecule has 0 aliphatic carbocycles. The maximum atomic E-state index is 14.3. The van der Waals surface area contributed by atoms with Crippen molar-refractivity contribution < 1.29 is 31.5 Å². The van der Waals surface area contributed by atoms with Gasteiger partial charge in [0.25, 0.3) is 0 Å². The lowest BCUT2D eigenvalue weighted by atomic mass is 10.2. The summed E-state index contributed by atoms with van der Waals surface area (Å²) >= 11 is 1.14. The van der Waals surface area contributed by atoms with Crippen molar-refractivity contribution >= 4 is 29.2 Å². The first kappa shape index (κ1) is 22.8. The van der Waals surface area contributed by atoms with Crippen molar-refractivity contribution in [2.75, 3.05) is 23.5 Å². The fraction of sp³-hybridized carbons (Fsp3) is 0.316. The van der Waals surface area contributed by atoms with Crippen molar-refractivity contribution in [2.24, 2.45) is 0 Å². The number of halogens is 5. The third kappa shape index (κ3) is 4.69. The van der Waals surface area contributed by atoms with Gasteiger partial charge in [0, 0.05) is 22.8 Å². The molecule has 1 aliphatic heterocycles. The molecule has 3 aromatic rings. The molecule has 1 aliphatic rings. The van der Waals surface area contributed by atoms with E-state index < -0.39 is 48.4 Å².